The second-order valence-electron chi connectivity index (χ2n) is 3.62. The highest BCUT2D eigenvalue weighted by atomic mass is 19.4. The van der Waals surface area contributed by atoms with Gasteiger partial charge in [0.2, 0.25) is 0 Å². The maximum absolute atomic E-state index is 12.2. The van der Waals surface area contributed by atoms with Gasteiger partial charge in [0, 0.05) is 11.6 Å². The zero-order valence-corrected chi connectivity index (χ0v) is 10.3. The van der Waals surface area contributed by atoms with Gasteiger partial charge in [0.25, 0.3) is 0 Å². The van der Waals surface area contributed by atoms with Gasteiger partial charge in [-0.15, -0.1) is 13.2 Å². The summed E-state index contributed by atoms with van der Waals surface area (Å²) in [6, 6.07) is 3.44. The minimum atomic E-state index is -5.02. The van der Waals surface area contributed by atoms with E-state index in [0.717, 1.165) is 12.1 Å². The number of aromatic hydroxyl groups is 1. The second-order valence-corrected chi connectivity index (χ2v) is 3.62. The van der Waals surface area contributed by atoms with Gasteiger partial charge in [-0.3, -0.25) is 4.79 Å². The van der Waals surface area contributed by atoms with Gasteiger partial charge in [0.15, 0.2) is 11.5 Å². The number of nitrogens with zero attached hydrogens (tertiary/aromatic N) is 1. The summed E-state index contributed by atoms with van der Waals surface area (Å²) in [4.78, 5) is 11.3. The number of phenols is 1. The summed E-state index contributed by atoms with van der Waals surface area (Å²) in [7, 11) is 0. The van der Waals surface area contributed by atoms with Crippen LogP contribution in [0.3, 0.4) is 0 Å². The Balaban J connectivity index is 3.15. The van der Waals surface area contributed by atoms with Crippen molar-refractivity contribution < 1.29 is 32.5 Å². The van der Waals surface area contributed by atoms with Gasteiger partial charge in [-0.25, -0.2) is 0 Å². The predicted molar refractivity (Wildman–Crippen MR) is 59.8 cm³/mol. The van der Waals surface area contributed by atoms with Crippen molar-refractivity contribution in [3.8, 4) is 17.6 Å². The number of hydrogen-bond acceptors (Lipinski definition) is 5. The molecule has 0 amide bonds. The van der Waals surface area contributed by atoms with Crippen LogP contribution >= 0.6 is 0 Å². The van der Waals surface area contributed by atoms with E-state index in [9.17, 15) is 23.1 Å². The smallest absolute Gasteiger partial charge is 0.504 e. The van der Waals surface area contributed by atoms with Crippen molar-refractivity contribution in [1.29, 1.82) is 5.26 Å². The van der Waals surface area contributed by atoms with Crippen molar-refractivity contribution in [2.75, 3.05) is 6.61 Å². The largest absolute Gasteiger partial charge is 0.573 e. The topological polar surface area (TPSA) is 79.6 Å². The van der Waals surface area contributed by atoms with Crippen LogP contribution in [0.2, 0.25) is 0 Å². The van der Waals surface area contributed by atoms with Crippen molar-refractivity contribution in [2.45, 2.75) is 19.7 Å². The predicted octanol–water partition coefficient (Wildman–Crippen LogP) is 2.27. The first-order valence-corrected chi connectivity index (χ1v) is 5.44. The van der Waals surface area contributed by atoms with Crippen LogP contribution in [-0.2, 0) is 16.0 Å². The Bertz CT molecular complexity index is 549. The van der Waals surface area contributed by atoms with E-state index in [1.165, 1.54) is 0 Å². The molecule has 0 aliphatic rings. The fraction of sp³-hybridized carbons (Fsp3) is 0.333. The number of phenolic OH excluding ortho intramolecular Hbond substituents is 1. The molecule has 8 heteroatoms. The van der Waals surface area contributed by atoms with Crippen LogP contribution in [0.5, 0.6) is 11.5 Å². The molecule has 0 saturated carbocycles. The van der Waals surface area contributed by atoms with Crippen molar-refractivity contribution in [2.24, 2.45) is 0 Å². The lowest BCUT2D eigenvalue weighted by Gasteiger charge is -2.13. The molecule has 5 nitrogen and oxygen atoms in total. The molecule has 0 heterocycles. The Morgan fingerprint density at radius 2 is 2.10 bits per heavy atom. The number of esters is 1. The quantitative estimate of drug-likeness (QED) is 0.860. The zero-order valence-electron chi connectivity index (χ0n) is 10.3. The van der Waals surface area contributed by atoms with Crippen LogP contribution < -0.4 is 4.74 Å². The Labute approximate surface area is 112 Å². The SMILES string of the molecule is CCOC(=O)Cc1cc(C#N)cc(OC(F)(F)F)c1O. The van der Waals surface area contributed by atoms with Crippen LogP contribution in [0, 0.1) is 11.3 Å². The van der Waals surface area contributed by atoms with E-state index in [1.807, 2.05) is 0 Å². The van der Waals surface area contributed by atoms with Crippen LogP contribution in [0.4, 0.5) is 13.2 Å². The lowest BCUT2D eigenvalue weighted by atomic mass is 10.1. The Morgan fingerprint density at radius 3 is 2.60 bits per heavy atom. The zero-order chi connectivity index (χ0) is 15.3. The highest BCUT2D eigenvalue weighted by molar-refractivity contribution is 5.74. The number of nitriles is 1. The summed E-state index contributed by atoms with van der Waals surface area (Å²) in [6.45, 7) is 1.64. The molecule has 0 spiro atoms. The lowest BCUT2D eigenvalue weighted by Crippen LogP contribution is -2.18. The van der Waals surface area contributed by atoms with Crippen molar-refractivity contribution in [1.82, 2.24) is 0 Å². The van der Waals surface area contributed by atoms with Crippen molar-refractivity contribution in [3.05, 3.63) is 23.3 Å². The maximum Gasteiger partial charge on any atom is 0.573 e. The molecule has 0 fully saturated rings. The van der Waals surface area contributed by atoms with Crippen LogP contribution in [0.1, 0.15) is 18.1 Å². The number of benzene rings is 1. The molecule has 0 radical (unpaired) electrons. The normalized spacial score (nSPS) is 10.8. The number of carbonyl (C=O) groups excluding carboxylic acids is 1. The average molecular weight is 289 g/mol. The van der Waals surface area contributed by atoms with Crippen LogP contribution in [-0.4, -0.2) is 24.0 Å². The molecule has 0 saturated heterocycles. The summed E-state index contributed by atoms with van der Waals surface area (Å²) in [5.74, 6) is -2.53. The first-order valence-electron chi connectivity index (χ1n) is 5.44. The molecule has 108 valence electrons. The van der Waals surface area contributed by atoms with Crippen LogP contribution in [0.15, 0.2) is 12.1 Å². The molecule has 20 heavy (non-hydrogen) atoms. The minimum Gasteiger partial charge on any atom is -0.504 e. The Kier molecular flexibility index (Phi) is 4.80. The maximum atomic E-state index is 12.2. The molecular weight excluding hydrogens is 279 g/mol. The van der Waals surface area contributed by atoms with Gasteiger partial charge in [-0.2, -0.15) is 5.26 Å². The third-order valence-corrected chi connectivity index (χ3v) is 2.15. The molecule has 1 N–H and O–H groups in total. The van der Waals surface area contributed by atoms with E-state index in [-0.39, 0.29) is 17.7 Å². The molecule has 0 aliphatic carbocycles. The molecule has 1 aromatic carbocycles. The average Bonchev–Trinajstić information content (AvgIpc) is 2.32. The number of hydrogen-bond donors (Lipinski definition) is 1. The number of alkyl halides is 3. The van der Waals surface area contributed by atoms with Crippen LogP contribution in [0.25, 0.3) is 0 Å². The van der Waals surface area contributed by atoms with E-state index in [1.54, 1.807) is 13.0 Å². The van der Waals surface area contributed by atoms with Crippen molar-refractivity contribution >= 4 is 5.97 Å². The Hall–Kier alpha value is -2.43. The minimum absolute atomic E-state index is 0.0868. The lowest BCUT2D eigenvalue weighted by molar-refractivity contribution is -0.275. The van der Waals surface area contributed by atoms with Gasteiger partial charge < -0.3 is 14.6 Å². The third-order valence-electron chi connectivity index (χ3n) is 2.15. The molecule has 0 aromatic heterocycles. The monoisotopic (exact) mass is 289 g/mol. The first kappa shape index (κ1) is 15.6. The summed E-state index contributed by atoms with van der Waals surface area (Å²) >= 11 is 0. The fourth-order valence-electron chi connectivity index (χ4n) is 1.43. The highest BCUT2D eigenvalue weighted by Crippen LogP contribution is 2.35. The van der Waals surface area contributed by atoms with Crippen molar-refractivity contribution in [3.63, 3.8) is 0 Å². The summed E-state index contributed by atoms with van der Waals surface area (Å²) < 4.78 is 44.7. The van der Waals surface area contributed by atoms with Gasteiger partial charge in [0.1, 0.15) is 0 Å². The highest BCUT2D eigenvalue weighted by Gasteiger charge is 2.33. The summed E-state index contributed by atoms with van der Waals surface area (Å²) in [5, 5.41) is 18.4. The van der Waals surface area contributed by atoms with Gasteiger partial charge >= 0.3 is 12.3 Å². The number of carbonyl (C=O) groups is 1. The second kappa shape index (κ2) is 6.14. The molecule has 0 unspecified atom stereocenters. The first-order chi connectivity index (χ1) is 9.26. The number of ether oxygens (including phenoxy) is 2. The molecule has 0 bridgehead atoms. The molecular formula is C12H10F3NO4. The number of halogens is 3. The molecule has 0 aliphatic heterocycles. The standard InChI is InChI=1S/C12H10F3NO4/c1-2-19-10(17)5-8-3-7(6-16)4-9(11(8)18)20-12(13,14)15/h3-4,18H,2,5H2,1H3. The molecule has 0 atom stereocenters. The van der Waals surface area contributed by atoms with E-state index in [2.05, 4.69) is 9.47 Å². The van der Waals surface area contributed by atoms with E-state index in [4.69, 9.17) is 5.26 Å². The molecule has 1 aromatic rings. The Morgan fingerprint density at radius 1 is 1.45 bits per heavy atom. The van der Waals surface area contributed by atoms with E-state index in [0.29, 0.717) is 0 Å². The molecule has 1 rings (SSSR count). The fourth-order valence-corrected chi connectivity index (χ4v) is 1.43. The number of rotatable bonds is 4. The summed E-state index contributed by atoms with van der Waals surface area (Å²) in [5.41, 5.74) is -0.358. The van der Waals surface area contributed by atoms with Gasteiger partial charge in [0.05, 0.1) is 24.7 Å². The summed E-state index contributed by atoms with van der Waals surface area (Å²) in [6.07, 6.45) is -5.49. The third kappa shape index (κ3) is 4.35. The van der Waals surface area contributed by atoms with Gasteiger partial charge in [-0.1, -0.05) is 0 Å². The van der Waals surface area contributed by atoms with E-state index >= 15 is 0 Å². The van der Waals surface area contributed by atoms with E-state index < -0.39 is 30.3 Å². The van der Waals surface area contributed by atoms with Gasteiger partial charge in [-0.05, 0) is 13.0 Å².